The second-order valence-electron chi connectivity index (χ2n) is 2.84. The molecule has 0 saturated heterocycles. The topological polar surface area (TPSA) is 68.3 Å². The van der Waals surface area contributed by atoms with E-state index < -0.39 is 5.97 Å². The number of carbonyl (C=O) groups excluding carboxylic acids is 2. The molecule has 0 radical (unpaired) electrons. The number of amides is 1. The predicted molar refractivity (Wildman–Crippen MR) is 58.6 cm³/mol. The number of hydrogen-bond acceptors (Lipinski definition) is 4. The van der Waals surface area contributed by atoms with Gasteiger partial charge in [0.15, 0.2) is 0 Å². The molecule has 1 aromatic rings. The van der Waals surface area contributed by atoms with Gasteiger partial charge < -0.3 is 10.1 Å². The van der Waals surface area contributed by atoms with Crippen molar-refractivity contribution in [2.75, 3.05) is 19.5 Å². The van der Waals surface area contributed by atoms with E-state index in [2.05, 4.69) is 15.0 Å². The monoisotopic (exact) mass is 242 g/mol. The minimum Gasteiger partial charge on any atom is -0.464 e. The quantitative estimate of drug-likeness (QED) is 0.628. The Kier molecular flexibility index (Phi) is 4.72. The van der Waals surface area contributed by atoms with E-state index in [0.717, 1.165) is 0 Å². The van der Waals surface area contributed by atoms with Gasteiger partial charge in [-0.05, 0) is 12.1 Å². The first kappa shape index (κ1) is 12.4. The van der Waals surface area contributed by atoms with Crippen LogP contribution in [0.3, 0.4) is 0 Å². The molecule has 1 heterocycles. The van der Waals surface area contributed by atoms with E-state index in [1.807, 2.05) is 0 Å². The molecule has 0 unspecified atom stereocenters. The van der Waals surface area contributed by atoms with Gasteiger partial charge in [0.1, 0.15) is 11.4 Å². The van der Waals surface area contributed by atoms with Crippen molar-refractivity contribution in [2.24, 2.45) is 0 Å². The van der Waals surface area contributed by atoms with Gasteiger partial charge in [-0.3, -0.25) is 4.79 Å². The number of carbonyl (C=O) groups is 2. The summed E-state index contributed by atoms with van der Waals surface area (Å²) >= 11 is 5.43. The van der Waals surface area contributed by atoms with Crippen molar-refractivity contribution in [3.8, 4) is 0 Å². The van der Waals surface area contributed by atoms with Gasteiger partial charge >= 0.3 is 5.97 Å². The molecular weight excluding hydrogens is 232 g/mol. The number of ether oxygens (including phenoxy) is 1. The first-order valence-electron chi connectivity index (χ1n) is 4.58. The Morgan fingerprint density at radius 2 is 2.12 bits per heavy atom. The maximum Gasteiger partial charge on any atom is 0.356 e. The largest absolute Gasteiger partial charge is 0.464 e. The van der Waals surface area contributed by atoms with Crippen LogP contribution >= 0.6 is 11.6 Å². The van der Waals surface area contributed by atoms with E-state index in [1.165, 1.54) is 19.2 Å². The van der Waals surface area contributed by atoms with Crippen molar-refractivity contribution in [3.63, 3.8) is 0 Å². The first-order valence-corrected chi connectivity index (χ1v) is 5.12. The third-order valence-electron chi connectivity index (χ3n) is 1.76. The van der Waals surface area contributed by atoms with Crippen molar-refractivity contribution < 1.29 is 14.3 Å². The fraction of sp³-hybridized carbons (Fsp3) is 0.300. The highest BCUT2D eigenvalue weighted by molar-refractivity contribution is 6.18. The van der Waals surface area contributed by atoms with Crippen LogP contribution in [0.5, 0.6) is 0 Å². The van der Waals surface area contributed by atoms with E-state index in [9.17, 15) is 9.59 Å². The Morgan fingerprint density at radius 1 is 1.44 bits per heavy atom. The molecule has 0 spiro atoms. The summed E-state index contributed by atoms with van der Waals surface area (Å²) in [5.74, 6) is -0.624. The van der Waals surface area contributed by atoms with Crippen LogP contribution in [-0.2, 0) is 4.74 Å². The molecule has 0 aromatic carbocycles. The molecule has 0 aliphatic heterocycles. The summed E-state index contributed by atoms with van der Waals surface area (Å²) in [6, 6.07) is 4.55. The minimum atomic E-state index is -0.577. The highest BCUT2D eigenvalue weighted by atomic mass is 35.5. The van der Waals surface area contributed by atoms with Crippen LogP contribution in [0.25, 0.3) is 0 Å². The lowest BCUT2D eigenvalue weighted by Gasteiger charge is -2.03. The SMILES string of the molecule is COC(=O)c1cccc(C(=O)NCCCl)n1. The van der Waals surface area contributed by atoms with Gasteiger partial charge in [-0.25, -0.2) is 9.78 Å². The van der Waals surface area contributed by atoms with Crippen LogP contribution in [0.1, 0.15) is 21.0 Å². The Labute approximate surface area is 97.8 Å². The Bertz CT molecular complexity index is 395. The lowest BCUT2D eigenvalue weighted by atomic mass is 10.3. The zero-order chi connectivity index (χ0) is 12.0. The molecule has 0 bridgehead atoms. The van der Waals surface area contributed by atoms with Gasteiger partial charge in [0.25, 0.3) is 5.91 Å². The van der Waals surface area contributed by atoms with Gasteiger partial charge in [0, 0.05) is 12.4 Å². The first-order chi connectivity index (χ1) is 7.69. The summed E-state index contributed by atoms with van der Waals surface area (Å²) < 4.78 is 4.50. The molecule has 1 amide bonds. The predicted octanol–water partition coefficient (Wildman–Crippen LogP) is 0.837. The number of rotatable bonds is 4. The third-order valence-corrected chi connectivity index (χ3v) is 1.95. The maximum atomic E-state index is 11.5. The summed E-state index contributed by atoms with van der Waals surface area (Å²) in [5, 5.41) is 2.55. The minimum absolute atomic E-state index is 0.0982. The molecule has 0 saturated carbocycles. The van der Waals surface area contributed by atoms with Crippen LogP contribution in [-0.4, -0.2) is 36.4 Å². The fourth-order valence-corrected chi connectivity index (χ4v) is 1.13. The summed E-state index contributed by atoms with van der Waals surface area (Å²) in [6.07, 6.45) is 0. The second kappa shape index (κ2) is 6.07. The Hall–Kier alpha value is -1.62. The maximum absolute atomic E-state index is 11.5. The highest BCUT2D eigenvalue weighted by Crippen LogP contribution is 2.01. The highest BCUT2D eigenvalue weighted by Gasteiger charge is 2.11. The van der Waals surface area contributed by atoms with Crippen molar-refractivity contribution in [3.05, 3.63) is 29.6 Å². The number of aromatic nitrogens is 1. The molecule has 16 heavy (non-hydrogen) atoms. The van der Waals surface area contributed by atoms with Crippen molar-refractivity contribution >= 4 is 23.5 Å². The number of methoxy groups -OCH3 is 1. The average Bonchev–Trinajstić information content (AvgIpc) is 2.35. The summed E-state index contributed by atoms with van der Waals surface area (Å²) in [5.41, 5.74) is 0.258. The number of nitrogens with one attached hydrogen (secondary N) is 1. The fourth-order valence-electron chi connectivity index (χ4n) is 1.03. The lowest BCUT2D eigenvalue weighted by Crippen LogP contribution is -2.26. The van der Waals surface area contributed by atoms with E-state index in [-0.39, 0.29) is 17.3 Å². The standard InChI is InChI=1S/C10H11ClN2O3/c1-16-10(15)8-4-2-3-7(13-8)9(14)12-6-5-11/h2-4H,5-6H2,1H3,(H,12,14). The molecule has 1 rings (SSSR count). The van der Waals surface area contributed by atoms with E-state index in [4.69, 9.17) is 11.6 Å². The number of halogens is 1. The molecular formula is C10H11ClN2O3. The molecule has 1 N–H and O–H groups in total. The van der Waals surface area contributed by atoms with Crippen LogP contribution in [0.4, 0.5) is 0 Å². The van der Waals surface area contributed by atoms with Crippen molar-refractivity contribution in [1.29, 1.82) is 0 Å². The third kappa shape index (κ3) is 3.20. The second-order valence-corrected chi connectivity index (χ2v) is 3.22. The molecule has 0 atom stereocenters. The molecule has 0 fully saturated rings. The molecule has 0 aliphatic rings. The van der Waals surface area contributed by atoms with Crippen molar-refractivity contribution in [2.45, 2.75) is 0 Å². The van der Waals surface area contributed by atoms with Gasteiger partial charge in [0.2, 0.25) is 0 Å². The zero-order valence-electron chi connectivity index (χ0n) is 8.70. The van der Waals surface area contributed by atoms with Crippen LogP contribution in [0.15, 0.2) is 18.2 Å². The Balaban J connectivity index is 2.81. The molecule has 86 valence electrons. The molecule has 0 aliphatic carbocycles. The van der Waals surface area contributed by atoms with Crippen LogP contribution in [0.2, 0.25) is 0 Å². The van der Waals surface area contributed by atoms with E-state index in [1.54, 1.807) is 6.07 Å². The number of esters is 1. The smallest absolute Gasteiger partial charge is 0.356 e. The van der Waals surface area contributed by atoms with Gasteiger partial charge in [-0.2, -0.15) is 0 Å². The van der Waals surface area contributed by atoms with Gasteiger partial charge in [-0.15, -0.1) is 11.6 Å². The number of hydrogen-bond donors (Lipinski definition) is 1. The molecule has 6 heteroatoms. The summed E-state index contributed by atoms with van der Waals surface area (Å²) in [6.45, 7) is 0.352. The van der Waals surface area contributed by atoms with E-state index in [0.29, 0.717) is 12.4 Å². The molecule has 1 aromatic heterocycles. The number of alkyl halides is 1. The zero-order valence-corrected chi connectivity index (χ0v) is 9.45. The number of pyridine rings is 1. The van der Waals surface area contributed by atoms with Gasteiger partial charge in [-0.1, -0.05) is 6.07 Å². The average molecular weight is 243 g/mol. The lowest BCUT2D eigenvalue weighted by molar-refractivity contribution is 0.0594. The Morgan fingerprint density at radius 3 is 2.75 bits per heavy atom. The van der Waals surface area contributed by atoms with Crippen molar-refractivity contribution in [1.82, 2.24) is 10.3 Å². The summed E-state index contributed by atoms with van der Waals surface area (Å²) in [7, 11) is 1.25. The summed E-state index contributed by atoms with van der Waals surface area (Å²) in [4.78, 5) is 26.5. The normalized spacial score (nSPS) is 9.62. The van der Waals surface area contributed by atoms with E-state index >= 15 is 0 Å². The van der Waals surface area contributed by atoms with Crippen LogP contribution < -0.4 is 5.32 Å². The van der Waals surface area contributed by atoms with Gasteiger partial charge in [0.05, 0.1) is 7.11 Å². The number of nitrogens with zero attached hydrogens (tertiary/aromatic N) is 1. The molecule has 5 nitrogen and oxygen atoms in total. The van der Waals surface area contributed by atoms with Crippen LogP contribution in [0, 0.1) is 0 Å².